The molecule has 1 atom stereocenters. The Balaban J connectivity index is 1.69. The summed E-state index contributed by atoms with van der Waals surface area (Å²) < 4.78 is 6.29. The quantitative estimate of drug-likeness (QED) is 0.133. The number of aliphatic hydroxyl groups excluding tert-OH is 1. The van der Waals surface area contributed by atoms with E-state index in [0.717, 1.165) is 4.70 Å². The lowest BCUT2D eigenvalue weighted by atomic mass is 9.95. The highest BCUT2D eigenvalue weighted by Crippen LogP contribution is 2.44. The van der Waals surface area contributed by atoms with Gasteiger partial charge in [0, 0.05) is 30.1 Å². The molecule has 1 aliphatic rings. The molecule has 1 unspecified atom stereocenters. The number of ketones is 1. The van der Waals surface area contributed by atoms with Gasteiger partial charge in [0.05, 0.1) is 33.4 Å². The molecule has 11 heteroatoms. The Morgan fingerprint density at radius 2 is 1.86 bits per heavy atom. The predicted molar refractivity (Wildman–Crippen MR) is 133 cm³/mol. The molecule has 4 aromatic rings. The van der Waals surface area contributed by atoms with E-state index in [1.54, 1.807) is 18.2 Å². The molecule has 1 fully saturated rings. The van der Waals surface area contributed by atoms with E-state index in [-0.39, 0.29) is 22.2 Å². The van der Waals surface area contributed by atoms with Gasteiger partial charge in [0.15, 0.2) is 5.13 Å². The number of anilines is 1. The molecular weight excluding hydrogens is 484 g/mol. The minimum absolute atomic E-state index is 0.144. The highest BCUT2D eigenvalue weighted by atomic mass is 32.1. The van der Waals surface area contributed by atoms with Gasteiger partial charge in [-0.15, -0.1) is 0 Å². The van der Waals surface area contributed by atoms with Gasteiger partial charge in [-0.1, -0.05) is 11.3 Å². The molecule has 5 rings (SSSR count). The summed E-state index contributed by atoms with van der Waals surface area (Å²) in [5.74, 6) is -1.48. The highest BCUT2D eigenvalue weighted by molar-refractivity contribution is 7.22. The Kier molecular flexibility index (Phi) is 5.90. The topological polar surface area (TPSA) is 136 Å². The average molecular weight is 503 g/mol. The monoisotopic (exact) mass is 502 g/mol. The van der Waals surface area contributed by atoms with Crippen molar-refractivity contribution >= 4 is 49.8 Å². The van der Waals surface area contributed by atoms with Crippen LogP contribution in [0.3, 0.4) is 0 Å². The van der Waals surface area contributed by atoms with E-state index >= 15 is 0 Å². The number of non-ortho nitro benzene ring substituents is 1. The van der Waals surface area contributed by atoms with Crippen molar-refractivity contribution in [1.82, 2.24) is 9.97 Å². The number of fused-ring (bicyclic) bond motifs is 1. The fraction of sp³-hybridized carbons (Fsp3) is 0.120. The number of hydrogen-bond acceptors (Lipinski definition) is 9. The number of hydrogen-bond donors (Lipinski definition) is 1. The summed E-state index contributed by atoms with van der Waals surface area (Å²) in [5.41, 5.74) is 1.03. The Morgan fingerprint density at radius 1 is 1.14 bits per heavy atom. The second kappa shape index (κ2) is 9.19. The number of carbonyl (C=O) groups excluding carboxylic acids is 2. The summed E-state index contributed by atoms with van der Waals surface area (Å²) in [6.45, 7) is 2.36. The number of pyridine rings is 1. The highest BCUT2D eigenvalue weighted by Gasteiger charge is 2.48. The van der Waals surface area contributed by atoms with Gasteiger partial charge in [-0.2, -0.15) is 0 Å². The molecule has 2 aromatic carbocycles. The number of aromatic nitrogens is 2. The molecule has 180 valence electrons. The number of nitro groups is 1. The zero-order valence-electron chi connectivity index (χ0n) is 18.8. The van der Waals surface area contributed by atoms with Gasteiger partial charge < -0.3 is 9.84 Å². The number of nitro benzene ring substituents is 1. The van der Waals surface area contributed by atoms with Crippen LogP contribution in [-0.2, 0) is 9.59 Å². The zero-order valence-corrected chi connectivity index (χ0v) is 19.6. The first-order valence-electron chi connectivity index (χ1n) is 10.9. The van der Waals surface area contributed by atoms with Crippen molar-refractivity contribution in [3.63, 3.8) is 0 Å². The van der Waals surface area contributed by atoms with Crippen LogP contribution >= 0.6 is 11.3 Å². The fourth-order valence-electron chi connectivity index (χ4n) is 4.04. The molecule has 1 saturated heterocycles. The number of amides is 1. The third-order valence-electron chi connectivity index (χ3n) is 5.68. The number of carbonyl (C=O) groups is 2. The molecule has 1 aliphatic heterocycles. The molecular formula is C25H18N4O6S. The second-order valence-electron chi connectivity index (χ2n) is 7.81. The first-order chi connectivity index (χ1) is 17.4. The van der Waals surface area contributed by atoms with Crippen molar-refractivity contribution in [3.05, 3.63) is 93.8 Å². The Bertz CT molecular complexity index is 1530. The number of rotatable bonds is 6. The number of nitrogens with zero attached hydrogens (tertiary/aromatic N) is 4. The van der Waals surface area contributed by atoms with Crippen LogP contribution in [0.5, 0.6) is 5.75 Å². The molecule has 1 amide bonds. The van der Waals surface area contributed by atoms with Crippen molar-refractivity contribution in [2.24, 2.45) is 0 Å². The Morgan fingerprint density at radius 3 is 2.53 bits per heavy atom. The van der Waals surface area contributed by atoms with Crippen LogP contribution in [0.1, 0.15) is 24.1 Å². The molecule has 0 spiro atoms. The normalized spacial score (nSPS) is 17.0. The summed E-state index contributed by atoms with van der Waals surface area (Å²) in [6.07, 6.45) is 2.91. The van der Waals surface area contributed by atoms with E-state index in [4.69, 9.17) is 4.74 Å². The predicted octanol–water partition coefficient (Wildman–Crippen LogP) is 4.62. The first kappa shape index (κ1) is 23.1. The summed E-state index contributed by atoms with van der Waals surface area (Å²) >= 11 is 1.20. The third-order valence-corrected chi connectivity index (χ3v) is 6.70. The van der Waals surface area contributed by atoms with Gasteiger partial charge in [0.2, 0.25) is 0 Å². The lowest BCUT2D eigenvalue weighted by molar-refractivity contribution is -0.384. The minimum Gasteiger partial charge on any atom is -0.507 e. The molecule has 0 saturated carbocycles. The molecule has 36 heavy (non-hydrogen) atoms. The van der Waals surface area contributed by atoms with Gasteiger partial charge in [-0.25, -0.2) is 4.98 Å². The van der Waals surface area contributed by atoms with E-state index in [0.29, 0.717) is 29.0 Å². The average Bonchev–Trinajstić information content (AvgIpc) is 3.42. The van der Waals surface area contributed by atoms with Crippen LogP contribution in [0.2, 0.25) is 0 Å². The second-order valence-corrected chi connectivity index (χ2v) is 8.82. The van der Waals surface area contributed by atoms with Gasteiger partial charge in [-0.3, -0.25) is 29.6 Å². The number of aliphatic hydroxyl groups is 1. The third kappa shape index (κ3) is 3.95. The van der Waals surface area contributed by atoms with Crippen LogP contribution in [0, 0.1) is 10.1 Å². The molecule has 10 nitrogen and oxygen atoms in total. The van der Waals surface area contributed by atoms with Crippen molar-refractivity contribution in [3.8, 4) is 5.75 Å². The number of ether oxygens (including phenoxy) is 1. The summed E-state index contributed by atoms with van der Waals surface area (Å²) in [6, 6.07) is 12.8. The first-order valence-corrected chi connectivity index (χ1v) is 11.7. The van der Waals surface area contributed by atoms with Gasteiger partial charge >= 0.3 is 5.91 Å². The fourth-order valence-corrected chi connectivity index (χ4v) is 5.06. The van der Waals surface area contributed by atoms with Crippen molar-refractivity contribution < 1.29 is 24.4 Å². The van der Waals surface area contributed by atoms with E-state index in [1.807, 2.05) is 6.92 Å². The molecule has 0 aliphatic carbocycles. The molecule has 1 N–H and O–H groups in total. The summed E-state index contributed by atoms with van der Waals surface area (Å²) in [5, 5.41) is 22.5. The van der Waals surface area contributed by atoms with Crippen LogP contribution in [-0.4, -0.2) is 38.3 Å². The van der Waals surface area contributed by atoms with E-state index in [2.05, 4.69) is 9.97 Å². The van der Waals surface area contributed by atoms with Crippen molar-refractivity contribution in [2.45, 2.75) is 13.0 Å². The SMILES string of the molecule is CCOc1ccc2nc(N3C(=O)C(=O)/C(=C(/O)c4ccncc4)C3c3ccc([N+](=O)[O-])cc3)sc2c1. The number of benzene rings is 2. The van der Waals surface area contributed by atoms with Crippen LogP contribution in [0.15, 0.2) is 72.6 Å². The van der Waals surface area contributed by atoms with E-state index < -0.39 is 22.7 Å². The molecule has 0 radical (unpaired) electrons. The summed E-state index contributed by atoms with van der Waals surface area (Å²) in [7, 11) is 0. The molecule has 3 heterocycles. The van der Waals surface area contributed by atoms with Crippen molar-refractivity contribution in [1.29, 1.82) is 0 Å². The minimum atomic E-state index is -1.05. The van der Waals surface area contributed by atoms with Crippen LogP contribution in [0.25, 0.3) is 16.0 Å². The lowest BCUT2D eigenvalue weighted by Gasteiger charge is -2.22. The maximum atomic E-state index is 13.3. The van der Waals surface area contributed by atoms with Crippen LogP contribution < -0.4 is 9.64 Å². The van der Waals surface area contributed by atoms with Crippen molar-refractivity contribution in [2.75, 3.05) is 11.5 Å². The molecule has 0 bridgehead atoms. The standard InChI is InChI=1S/C25H18N4O6S/c1-2-35-17-7-8-18-19(13-17)36-25(27-18)28-21(14-3-5-16(6-4-14)29(33)34)20(23(31)24(28)32)22(30)15-9-11-26-12-10-15/h3-13,21,30H,2H2,1H3/b22-20+. The largest absolute Gasteiger partial charge is 0.507 e. The van der Waals surface area contributed by atoms with Gasteiger partial charge in [0.1, 0.15) is 11.5 Å². The number of thiazole rings is 1. The zero-order chi connectivity index (χ0) is 25.4. The maximum absolute atomic E-state index is 13.3. The Labute approximate surface area is 208 Å². The smallest absolute Gasteiger partial charge is 0.301 e. The van der Waals surface area contributed by atoms with E-state index in [1.165, 1.54) is 65.0 Å². The van der Waals surface area contributed by atoms with Gasteiger partial charge in [0.25, 0.3) is 11.5 Å². The Hall–Kier alpha value is -4.64. The molecule has 2 aromatic heterocycles. The van der Waals surface area contributed by atoms with E-state index in [9.17, 15) is 24.8 Å². The number of Topliss-reactive ketones (excluding diaryl/α,β-unsaturated/α-hetero) is 1. The maximum Gasteiger partial charge on any atom is 0.301 e. The summed E-state index contributed by atoms with van der Waals surface area (Å²) in [4.78, 5) is 46.9. The van der Waals surface area contributed by atoms with Gasteiger partial charge in [-0.05, 0) is 55.0 Å². The lowest BCUT2D eigenvalue weighted by Crippen LogP contribution is -2.29. The van der Waals surface area contributed by atoms with Crippen LogP contribution in [0.4, 0.5) is 10.8 Å².